The summed E-state index contributed by atoms with van der Waals surface area (Å²) in [5.74, 6) is -0.121. The number of benzene rings is 1. The van der Waals surface area contributed by atoms with Crippen LogP contribution in [0.1, 0.15) is 35.8 Å². The molecule has 4 rings (SSSR count). The highest BCUT2D eigenvalue weighted by molar-refractivity contribution is 7.22. The number of hydrogen-bond acceptors (Lipinski definition) is 5. The number of thiazole rings is 1. The van der Waals surface area contributed by atoms with Crippen molar-refractivity contribution in [2.24, 2.45) is 0 Å². The first kappa shape index (κ1) is 17.2. The van der Waals surface area contributed by atoms with Gasteiger partial charge in [0.15, 0.2) is 10.8 Å². The number of hydrogen-bond donors (Lipinski definition) is 0. The van der Waals surface area contributed by atoms with E-state index in [4.69, 9.17) is 9.72 Å². The van der Waals surface area contributed by atoms with Gasteiger partial charge in [-0.1, -0.05) is 23.5 Å². The summed E-state index contributed by atoms with van der Waals surface area (Å²) in [5.41, 5.74) is 2.52. The van der Waals surface area contributed by atoms with E-state index in [1.807, 2.05) is 38.2 Å². The van der Waals surface area contributed by atoms with E-state index in [0.717, 1.165) is 41.8 Å². The average Bonchev–Trinajstić information content (AvgIpc) is 3.38. The number of ether oxygens (including phenoxy) is 1. The van der Waals surface area contributed by atoms with Crippen molar-refractivity contribution in [3.8, 4) is 0 Å². The van der Waals surface area contributed by atoms with E-state index >= 15 is 0 Å². The molecule has 2 aromatic heterocycles. The van der Waals surface area contributed by atoms with Gasteiger partial charge in [-0.05, 0) is 44.4 Å². The maximum atomic E-state index is 13.2. The molecule has 1 aliphatic heterocycles. The first-order valence-electron chi connectivity index (χ1n) is 8.99. The van der Waals surface area contributed by atoms with Gasteiger partial charge in [0.2, 0.25) is 0 Å². The second-order valence-electron chi connectivity index (χ2n) is 6.53. The molecule has 6 nitrogen and oxygen atoms in total. The summed E-state index contributed by atoms with van der Waals surface area (Å²) in [4.78, 5) is 19.7. The van der Waals surface area contributed by atoms with Crippen molar-refractivity contribution in [2.45, 2.75) is 39.3 Å². The van der Waals surface area contributed by atoms with Gasteiger partial charge in [0, 0.05) is 19.3 Å². The van der Waals surface area contributed by atoms with Crippen molar-refractivity contribution >= 4 is 32.6 Å². The van der Waals surface area contributed by atoms with Crippen molar-refractivity contribution in [3.05, 3.63) is 41.7 Å². The van der Waals surface area contributed by atoms with Crippen LogP contribution in [-0.2, 0) is 11.3 Å². The summed E-state index contributed by atoms with van der Waals surface area (Å²) in [6.07, 6.45) is 3.90. The Balaban J connectivity index is 1.71. The van der Waals surface area contributed by atoms with E-state index in [2.05, 4.69) is 5.10 Å². The van der Waals surface area contributed by atoms with Crippen molar-refractivity contribution < 1.29 is 9.53 Å². The fourth-order valence-corrected chi connectivity index (χ4v) is 4.27. The number of rotatable bonds is 5. The summed E-state index contributed by atoms with van der Waals surface area (Å²) in [7, 11) is 0. The third kappa shape index (κ3) is 3.24. The largest absolute Gasteiger partial charge is 0.376 e. The highest BCUT2D eigenvalue weighted by atomic mass is 32.1. The lowest BCUT2D eigenvalue weighted by Crippen LogP contribution is -2.37. The lowest BCUT2D eigenvalue weighted by Gasteiger charge is -2.22. The molecule has 7 heteroatoms. The van der Waals surface area contributed by atoms with Gasteiger partial charge in [-0.15, -0.1) is 0 Å². The van der Waals surface area contributed by atoms with E-state index in [1.54, 1.807) is 27.0 Å². The van der Waals surface area contributed by atoms with Gasteiger partial charge < -0.3 is 4.74 Å². The van der Waals surface area contributed by atoms with Crippen LogP contribution in [0.15, 0.2) is 30.5 Å². The third-order valence-electron chi connectivity index (χ3n) is 4.68. The number of carbonyl (C=O) groups excluding carboxylic acids is 1. The molecular formula is C19H22N4O2S. The highest BCUT2D eigenvalue weighted by Crippen LogP contribution is 2.32. The SMILES string of the molecule is CCn1ccc(C(=O)N(CC2CCCO2)c2nc3c(C)cccc3s2)n1. The topological polar surface area (TPSA) is 60.2 Å². The number of para-hydroxylation sites is 1. The standard InChI is InChI=1S/C19H22N4O2S/c1-3-22-10-9-15(21-22)18(24)23(12-14-7-5-11-25-14)19-20-17-13(2)6-4-8-16(17)26-19/h4,6,8-10,14H,3,5,7,11-12H2,1-2H3. The Morgan fingerprint density at radius 3 is 3.00 bits per heavy atom. The van der Waals surface area contributed by atoms with Crippen LogP contribution in [0, 0.1) is 6.92 Å². The minimum absolute atomic E-state index is 0.0559. The van der Waals surface area contributed by atoms with Crippen LogP contribution >= 0.6 is 11.3 Å². The quantitative estimate of drug-likeness (QED) is 0.688. The van der Waals surface area contributed by atoms with Crippen LogP contribution in [-0.4, -0.2) is 39.9 Å². The molecule has 0 saturated carbocycles. The van der Waals surface area contributed by atoms with Gasteiger partial charge in [0.1, 0.15) is 0 Å². The maximum absolute atomic E-state index is 13.2. The van der Waals surface area contributed by atoms with Crippen LogP contribution in [0.5, 0.6) is 0 Å². The number of anilines is 1. The van der Waals surface area contributed by atoms with E-state index < -0.39 is 0 Å². The number of amides is 1. The monoisotopic (exact) mass is 370 g/mol. The molecule has 1 aliphatic rings. The number of nitrogens with zero attached hydrogens (tertiary/aromatic N) is 4. The van der Waals surface area contributed by atoms with Crippen LogP contribution < -0.4 is 4.90 Å². The minimum Gasteiger partial charge on any atom is -0.376 e. The van der Waals surface area contributed by atoms with E-state index in [0.29, 0.717) is 17.4 Å². The molecule has 3 aromatic rings. The van der Waals surface area contributed by atoms with Crippen LogP contribution in [0.2, 0.25) is 0 Å². The Labute approximate surface area is 156 Å². The molecule has 26 heavy (non-hydrogen) atoms. The molecule has 0 bridgehead atoms. The number of aromatic nitrogens is 3. The minimum atomic E-state index is -0.121. The lowest BCUT2D eigenvalue weighted by atomic mass is 10.2. The van der Waals surface area contributed by atoms with Crippen LogP contribution in [0.25, 0.3) is 10.2 Å². The zero-order chi connectivity index (χ0) is 18.1. The average molecular weight is 370 g/mol. The summed E-state index contributed by atoms with van der Waals surface area (Å²) in [5, 5.41) is 5.09. The summed E-state index contributed by atoms with van der Waals surface area (Å²) < 4.78 is 8.62. The van der Waals surface area contributed by atoms with Gasteiger partial charge in [0.25, 0.3) is 5.91 Å². The zero-order valence-electron chi connectivity index (χ0n) is 15.0. The van der Waals surface area contributed by atoms with Crippen molar-refractivity contribution in [3.63, 3.8) is 0 Å². The Morgan fingerprint density at radius 2 is 2.31 bits per heavy atom. The van der Waals surface area contributed by atoms with Gasteiger partial charge in [0.05, 0.1) is 22.9 Å². The smallest absolute Gasteiger partial charge is 0.280 e. The normalized spacial score (nSPS) is 17.1. The molecule has 3 heterocycles. The summed E-state index contributed by atoms with van der Waals surface area (Å²) >= 11 is 1.54. The van der Waals surface area contributed by atoms with Crippen LogP contribution in [0.4, 0.5) is 5.13 Å². The Bertz CT molecular complexity index is 927. The molecule has 0 N–H and O–H groups in total. The van der Waals surface area contributed by atoms with E-state index in [1.165, 1.54) is 0 Å². The lowest BCUT2D eigenvalue weighted by molar-refractivity contribution is 0.0912. The predicted octanol–water partition coefficient (Wildman–Crippen LogP) is 3.65. The van der Waals surface area contributed by atoms with Gasteiger partial charge in [-0.3, -0.25) is 14.4 Å². The molecule has 1 fully saturated rings. The molecule has 0 radical (unpaired) electrons. The Hall–Kier alpha value is -2.25. The first-order valence-corrected chi connectivity index (χ1v) is 9.80. The van der Waals surface area contributed by atoms with Crippen LogP contribution in [0.3, 0.4) is 0 Å². The van der Waals surface area contributed by atoms with Crippen molar-refractivity contribution in [1.29, 1.82) is 0 Å². The molecule has 1 aromatic carbocycles. The Kier molecular flexibility index (Phi) is 4.74. The fourth-order valence-electron chi connectivity index (χ4n) is 3.22. The number of fused-ring (bicyclic) bond motifs is 1. The number of carbonyl (C=O) groups is 1. The van der Waals surface area contributed by atoms with Gasteiger partial charge in [-0.25, -0.2) is 4.98 Å². The highest BCUT2D eigenvalue weighted by Gasteiger charge is 2.28. The molecule has 0 spiro atoms. The summed E-state index contributed by atoms with van der Waals surface area (Å²) in [6.45, 7) is 6.05. The molecule has 1 amide bonds. The van der Waals surface area contributed by atoms with Gasteiger partial charge in [-0.2, -0.15) is 5.10 Å². The van der Waals surface area contributed by atoms with E-state index in [-0.39, 0.29) is 12.0 Å². The summed E-state index contributed by atoms with van der Waals surface area (Å²) in [6, 6.07) is 7.88. The molecule has 1 atom stereocenters. The maximum Gasteiger partial charge on any atom is 0.280 e. The molecule has 1 saturated heterocycles. The second-order valence-corrected chi connectivity index (χ2v) is 7.53. The zero-order valence-corrected chi connectivity index (χ0v) is 15.8. The van der Waals surface area contributed by atoms with Crippen molar-refractivity contribution in [2.75, 3.05) is 18.1 Å². The molecule has 1 unspecified atom stereocenters. The number of aryl methyl sites for hydroxylation is 2. The predicted molar refractivity (Wildman–Crippen MR) is 103 cm³/mol. The second kappa shape index (κ2) is 7.17. The first-order chi connectivity index (χ1) is 12.7. The molecule has 0 aliphatic carbocycles. The fraction of sp³-hybridized carbons (Fsp3) is 0.421. The molecule has 136 valence electrons. The Morgan fingerprint density at radius 1 is 1.42 bits per heavy atom. The van der Waals surface area contributed by atoms with Crippen molar-refractivity contribution in [1.82, 2.24) is 14.8 Å². The third-order valence-corrected chi connectivity index (χ3v) is 5.72. The van der Waals surface area contributed by atoms with E-state index in [9.17, 15) is 4.79 Å². The molecular weight excluding hydrogens is 348 g/mol. The van der Waals surface area contributed by atoms with Gasteiger partial charge >= 0.3 is 0 Å².